The quantitative estimate of drug-likeness (QED) is 0.132. The van der Waals surface area contributed by atoms with Crippen molar-refractivity contribution in [2.75, 3.05) is 6.54 Å². The Balaban J connectivity index is 4.20. The molecule has 0 unspecified atom stereocenters. The van der Waals surface area contributed by atoms with Crippen LogP contribution in [0.2, 0.25) is 0 Å². The lowest BCUT2D eigenvalue weighted by Gasteiger charge is -2.49. The summed E-state index contributed by atoms with van der Waals surface area (Å²) >= 11 is 0. The maximum atomic E-state index is 2.87. The second kappa shape index (κ2) is 20.3. The third-order valence-electron chi connectivity index (χ3n) is 7.69. The van der Waals surface area contributed by atoms with Crippen LogP contribution >= 0.6 is 0 Å². The minimum Gasteiger partial charge on any atom is -0.293 e. The zero-order valence-corrected chi connectivity index (χ0v) is 24.0. The summed E-state index contributed by atoms with van der Waals surface area (Å²) < 4.78 is 0. The lowest BCUT2D eigenvalue weighted by atomic mass is 9.85. The molecular weight excluding hydrogens is 386 g/mol. The predicted molar refractivity (Wildman–Crippen MR) is 149 cm³/mol. The van der Waals surface area contributed by atoms with Crippen molar-refractivity contribution in [1.82, 2.24) is 4.90 Å². The van der Waals surface area contributed by atoms with E-state index in [-0.39, 0.29) is 0 Å². The van der Waals surface area contributed by atoms with Gasteiger partial charge in [-0.2, -0.15) is 0 Å². The van der Waals surface area contributed by atoms with Crippen LogP contribution in [-0.2, 0) is 0 Å². The highest BCUT2D eigenvalue weighted by atomic mass is 15.2. The average Bonchev–Trinajstić information content (AvgIpc) is 2.75. The van der Waals surface area contributed by atoms with Crippen molar-refractivity contribution in [2.45, 2.75) is 194 Å². The molecule has 0 spiro atoms. The highest BCUT2D eigenvalue weighted by molar-refractivity contribution is 4.92. The number of unbranched alkanes of at least 4 members (excludes halogenated alkanes) is 16. The molecule has 0 aromatic carbocycles. The zero-order chi connectivity index (χ0) is 24.1. The molecule has 0 aromatic heterocycles. The molecule has 0 aromatic rings. The minimum atomic E-state index is 0.319. The first kappa shape index (κ1) is 32.0. The van der Waals surface area contributed by atoms with Crippen molar-refractivity contribution in [3.8, 4) is 0 Å². The second-order valence-corrected chi connectivity index (χ2v) is 11.9. The van der Waals surface area contributed by atoms with Crippen LogP contribution in [0.25, 0.3) is 0 Å². The van der Waals surface area contributed by atoms with Crippen LogP contribution in [0.15, 0.2) is 0 Å². The van der Waals surface area contributed by atoms with Crippen LogP contribution in [0.4, 0.5) is 0 Å². The normalized spacial score (nSPS) is 12.8. The van der Waals surface area contributed by atoms with Gasteiger partial charge in [0.1, 0.15) is 0 Å². The van der Waals surface area contributed by atoms with Crippen molar-refractivity contribution in [2.24, 2.45) is 0 Å². The van der Waals surface area contributed by atoms with E-state index in [4.69, 9.17) is 0 Å². The maximum absolute atomic E-state index is 2.87. The molecule has 0 amide bonds. The van der Waals surface area contributed by atoms with E-state index < -0.39 is 0 Å². The number of nitrogens with zero attached hydrogens (tertiary/aromatic N) is 1. The smallest absolute Gasteiger partial charge is 0.0158 e. The molecule has 0 fully saturated rings. The number of hydrogen-bond acceptors (Lipinski definition) is 1. The Labute approximate surface area is 205 Å². The summed E-state index contributed by atoms with van der Waals surface area (Å²) in [4.78, 5) is 2.87. The Bertz CT molecular complexity index is 350. The van der Waals surface area contributed by atoms with Gasteiger partial charge in [-0.3, -0.25) is 4.90 Å². The topological polar surface area (TPSA) is 3.24 Å². The highest BCUT2D eigenvalue weighted by Crippen LogP contribution is 2.33. The Morgan fingerprint density at radius 2 is 0.656 bits per heavy atom. The number of hydrogen-bond donors (Lipinski definition) is 0. The van der Waals surface area contributed by atoms with Gasteiger partial charge in [0.25, 0.3) is 0 Å². The molecule has 1 nitrogen and oxygen atoms in total. The Morgan fingerprint density at radius 1 is 0.375 bits per heavy atom. The summed E-state index contributed by atoms with van der Waals surface area (Å²) in [5.74, 6) is 0. The van der Waals surface area contributed by atoms with E-state index in [0.717, 1.165) is 0 Å². The fourth-order valence-corrected chi connectivity index (χ4v) is 5.65. The molecule has 0 saturated heterocycles. The lowest BCUT2D eigenvalue weighted by molar-refractivity contribution is 0.00311. The Kier molecular flexibility index (Phi) is 20.3. The monoisotopic (exact) mass is 452 g/mol. The molecule has 0 heterocycles. The van der Waals surface area contributed by atoms with Crippen molar-refractivity contribution < 1.29 is 0 Å². The van der Waals surface area contributed by atoms with Crippen LogP contribution in [0, 0.1) is 0 Å². The van der Waals surface area contributed by atoms with E-state index in [0.29, 0.717) is 11.1 Å². The Hall–Kier alpha value is -0.0400. The molecule has 0 saturated carbocycles. The second-order valence-electron chi connectivity index (χ2n) is 11.9. The fourth-order valence-electron chi connectivity index (χ4n) is 5.65. The van der Waals surface area contributed by atoms with Gasteiger partial charge in [-0.1, -0.05) is 136 Å². The summed E-state index contributed by atoms with van der Waals surface area (Å²) in [6.45, 7) is 18.3. The first-order valence-corrected chi connectivity index (χ1v) is 15.1. The van der Waals surface area contributed by atoms with E-state index in [1.807, 2.05) is 0 Å². The van der Waals surface area contributed by atoms with E-state index in [9.17, 15) is 0 Å². The van der Waals surface area contributed by atoms with Gasteiger partial charge >= 0.3 is 0 Å². The minimum absolute atomic E-state index is 0.319. The molecule has 0 N–H and O–H groups in total. The molecule has 194 valence electrons. The summed E-state index contributed by atoms with van der Waals surface area (Å²) in [6, 6.07) is 0. The standard InChI is InChI=1S/C31H65N/c1-8-11-13-15-17-19-21-23-25-27-30(4,5)32(29-10-3)31(6,7)28-26-24-22-20-18-16-14-12-9-2/h8-29H2,1-7H3. The molecule has 0 atom stereocenters. The van der Waals surface area contributed by atoms with Crippen LogP contribution in [-0.4, -0.2) is 22.5 Å². The number of rotatable bonds is 24. The van der Waals surface area contributed by atoms with Gasteiger partial charge in [0.15, 0.2) is 0 Å². The van der Waals surface area contributed by atoms with E-state index in [1.165, 1.54) is 141 Å². The SMILES string of the molecule is CCCCCCCCCCCC(C)(C)N(CCC)C(C)(C)CCCCCCCCCCC. The van der Waals surface area contributed by atoms with E-state index >= 15 is 0 Å². The van der Waals surface area contributed by atoms with Crippen molar-refractivity contribution in [1.29, 1.82) is 0 Å². The van der Waals surface area contributed by atoms with Gasteiger partial charge in [-0.05, 0) is 53.5 Å². The first-order valence-electron chi connectivity index (χ1n) is 15.1. The van der Waals surface area contributed by atoms with Crippen molar-refractivity contribution >= 4 is 0 Å². The fraction of sp³-hybridized carbons (Fsp3) is 1.00. The summed E-state index contributed by atoms with van der Waals surface area (Å²) in [5.41, 5.74) is 0.639. The van der Waals surface area contributed by atoms with Crippen LogP contribution in [0.1, 0.15) is 183 Å². The van der Waals surface area contributed by atoms with Gasteiger partial charge in [-0.25, -0.2) is 0 Å². The highest BCUT2D eigenvalue weighted by Gasteiger charge is 2.36. The molecule has 32 heavy (non-hydrogen) atoms. The van der Waals surface area contributed by atoms with Crippen LogP contribution in [0.3, 0.4) is 0 Å². The van der Waals surface area contributed by atoms with Crippen molar-refractivity contribution in [3.63, 3.8) is 0 Å². The van der Waals surface area contributed by atoms with Crippen LogP contribution in [0.5, 0.6) is 0 Å². The molecule has 0 aliphatic carbocycles. The summed E-state index contributed by atoms with van der Waals surface area (Å²) in [7, 11) is 0. The predicted octanol–water partition coefficient (Wildman–Crippen LogP) is 11.1. The van der Waals surface area contributed by atoms with Gasteiger partial charge in [0, 0.05) is 11.1 Å². The third-order valence-corrected chi connectivity index (χ3v) is 7.69. The van der Waals surface area contributed by atoms with Gasteiger partial charge in [0.05, 0.1) is 0 Å². The molecule has 0 aliphatic heterocycles. The third kappa shape index (κ3) is 16.6. The van der Waals surface area contributed by atoms with Gasteiger partial charge in [-0.15, -0.1) is 0 Å². The van der Waals surface area contributed by atoms with E-state index in [2.05, 4.69) is 53.4 Å². The summed E-state index contributed by atoms with van der Waals surface area (Å²) in [5, 5.41) is 0. The molecule has 0 aliphatic rings. The molecule has 0 bridgehead atoms. The van der Waals surface area contributed by atoms with E-state index in [1.54, 1.807) is 0 Å². The van der Waals surface area contributed by atoms with Crippen molar-refractivity contribution in [3.05, 3.63) is 0 Å². The molecular formula is C31H65N. The lowest BCUT2D eigenvalue weighted by Crippen LogP contribution is -2.55. The summed E-state index contributed by atoms with van der Waals surface area (Å²) in [6.07, 6.45) is 29.7. The maximum Gasteiger partial charge on any atom is 0.0158 e. The molecule has 0 rings (SSSR count). The molecule has 1 heteroatoms. The average molecular weight is 452 g/mol. The zero-order valence-electron chi connectivity index (χ0n) is 24.0. The molecule has 0 radical (unpaired) electrons. The van der Waals surface area contributed by atoms with Gasteiger partial charge < -0.3 is 0 Å². The van der Waals surface area contributed by atoms with Crippen LogP contribution < -0.4 is 0 Å². The Morgan fingerprint density at radius 3 is 0.938 bits per heavy atom. The van der Waals surface area contributed by atoms with Gasteiger partial charge in [0.2, 0.25) is 0 Å². The largest absolute Gasteiger partial charge is 0.293 e. The first-order chi connectivity index (χ1) is 15.3.